The molecule has 2 N–H and O–H groups in total. The van der Waals surface area contributed by atoms with Gasteiger partial charge in [0.15, 0.2) is 0 Å². The number of hydrogen-bond acceptors (Lipinski definition) is 4. The first-order valence-corrected chi connectivity index (χ1v) is 5.38. The van der Waals surface area contributed by atoms with E-state index in [-0.39, 0.29) is 0 Å². The monoisotopic (exact) mass is 223 g/mol. The van der Waals surface area contributed by atoms with Crippen LogP contribution in [0, 0.1) is 6.92 Å². The number of rotatable bonds is 6. The molecule has 1 heterocycles. The van der Waals surface area contributed by atoms with E-state index < -0.39 is 12.0 Å². The van der Waals surface area contributed by atoms with Crippen molar-refractivity contribution in [3.8, 4) is 0 Å². The van der Waals surface area contributed by atoms with Gasteiger partial charge >= 0.3 is 5.97 Å². The molecule has 0 amide bonds. The van der Waals surface area contributed by atoms with Gasteiger partial charge in [0.1, 0.15) is 11.9 Å². The Kier molecular flexibility index (Phi) is 4.85. The Balaban J connectivity index is 2.51. The van der Waals surface area contributed by atoms with Crippen LogP contribution in [0.4, 0.5) is 0 Å². The molecule has 5 nitrogen and oxygen atoms in total. The van der Waals surface area contributed by atoms with Crippen molar-refractivity contribution in [1.29, 1.82) is 0 Å². The minimum atomic E-state index is -0.812. The van der Waals surface area contributed by atoms with Crippen LogP contribution in [0.25, 0.3) is 0 Å². The molecule has 0 radical (unpaired) electrons. The highest BCUT2D eigenvalue weighted by Crippen LogP contribution is 2.00. The predicted molar refractivity (Wildman–Crippen MR) is 59.9 cm³/mol. The number of nitrogens with zero attached hydrogens (tertiary/aromatic N) is 2. The third kappa shape index (κ3) is 3.94. The highest BCUT2D eigenvalue weighted by atomic mass is 16.4. The number of aliphatic carboxylic acids is 1. The maximum Gasteiger partial charge on any atom is 0.320 e. The van der Waals surface area contributed by atoms with E-state index in [0.29, 0.717) is 18.8 Å². The van der Waals surface area contributed by atoms with E-state index >= 15 is 0 Å². The molecule has 0 aliphatic heterocycles. The first-order valence-electron chi connectivity index (χ1n) is 5.38. The summed E-state index contributed by atoms with van der Waals surface area (Å²) in [5, 5.41) is 11.9. The molecule has 1 aromatic rings. The molecule has 0 aliphatic rings. The largest absolute Gasteiger partial charge is 0.480 e. The molecular formula is C11H17N3O2. The van der Waals surface area contributed by atoms with Crippen LogP contribution in [0.15, 0.2) is 12.3 Å². The maximum atomic E-state index is 10.9. The van der Waals surface area contributed by atoms with Gasteiger partial charge in [0.05, 0.1) is 5.69 Å². The van der Waals surface area contributed by atoms with Crippen molar-refractivity contribution in [1.82, 2.24) is 15.3 Å². The lowest BCUT2D eigenvalue weighted by atomic mass is 10.1. The molecule has 0 spiro atoms. The van der Waals surface area contributed by atoms with Crippen molar-refractivity contribution in [2.24, 2.45) is 0 Å². The molecule has 0 saturated carbocycles. The molecule has 1 atom stereocenters. The molecule has 0 fully saturated rings. The summed E-state index contributed by atoms with van der Waals surface area (Å²) in [6, 6.07) is 1.28. The third-order valence-corrected chi connectivity index (χ3v) is 2.24. The predicted octanol–water partition coefficient (Wildman–Crippen LogP) is 1.13. The van der Waals surface area contributed by atoms with Gasteiger partial charge in [-0.3, -0.25) is 10.1 Å². The summed E-state index contributed by atoms with van der Waals surface area (Å²) in [7, 11) is 0. The second kappa shape index (κ2) is 6.17. The minimum absolute atomic E-state index is 0.459. The SMILES string of the molecule is CCCC(NCc1ccnc(C)n1)C(=O)O. The van der Waals surface area contributed by atoms with Crippen LogP contribution >= 0.6 is 0 Å². The molecule has 5 heteroatoms. The maximum absolute atomic E-state index is 10.9. The van der Waals surface area contributed by atoms with E-state index in [4.69, 9.17) is 5.11 Å². The van der Waals surface area contributed by atoms with E-state index in [0.717, 1.165) is 12.1 Å². The molecule has 0 aliphatic carbocycles. The zero-order chi connectivity index (χ0) is 12.0. The van der Waals surface area contributed by atoms with Crippen molar-refractivity contribution in [2.45, 2.75) is 39.3 Å². The number of carboxylic acids is 1. The Morgan fingerprint density at radius 2 is 2.38 bits per heavy atom. The second-order valence-corrected chi connectivity index (χ2v) is 3.66. The van der Waals surface area contributed by atoms with Gasteiger partial charge in [-0.05, 0) is 19.4 Å². The Bertz CT molecular complexity index is 355. The normalized spacial score (nSPS) is 12.4. The van der Waals surface area contributed by atoms with Crippen molar-refractivity contribution in [3.63, 3.8) is 0 Å². The van der Waals surface area contributed by atoms with Gasteiger partial charge in [-0.2, -0.15) is 0 Å². The Hall–Kier alpha value is -1.49. The van der Waals surface area contributed by atoms with Crippen molar-refractivity contribution >= 4 is 5.97 Å². The lowest BCUT2D eigenvalue weighted by Crippen LogP contribution is -2.36. The summed E-state index contributed by atoms with van der Waals surface area (Å²) in [4.78, 5) is 19.1. The molecule has 1 aromatic heterocycles. The Labute approximate surface area is 94.9 Å². The standard InChI is InChI=1S/C11H17N3O2/c1-3-4-10(11(15)16)13-7-9-5-6-12-8(2)14-9/h5-6,10,13H,3-4,7H2,1-2H3,(H,15,16). The lowest BCUT2D eigenvalue weighted by Gasteiger charge is -2.12. The quantitative estimate of drug-likeness (QED) is 0.756. The summed E-state index contributed by atoms with van der Waals surface area (Å²) >= 11 is 0. The third-order valence-electron chi connectivity index (χ3n) is 2.24. The first kappa shape index (κ1) is 12.6. The molecule has 1 rings (SSSR count). The van der Waals surface area contributed by atoms with Gasteiger partial charge in [0.25, 0.3) is 0 Å². The van der Waals surface area contributed by atoms with E-state index in [1.165, 1.54) is 0 Å². The minimum Gasteiger partial charge on any atom is -0.480 e. The fraction of sp³-hybridized carbons (Fsp3) is 0.545. The highest BCUT2D eigenvalue weighted by molar-refractivity contribution is 5.73. The fourth-order valence-electron chi connectivity index (χ4n) is 1.43. The highest BCUT2D eigenvalue weighted by Gasteiger charge is 2.15. The van der Waals surface area contributed by atoms with Crippen LogP contribution in [0.5, 0.6) is 0 Å². The van der Waals surface area contributed by atoms with Gasteiger partial charge in [0.2, 0.25) is 0 Å². The van der Waals surface area contributed by atoms with E-state index in [9.17, 15) is 4.79 Å². The van der Waals surface area contributed by atoms with Gasteiger partial charge in [-0.1, -0.05) is 13.3 Å². The second-order valence-electron chi connectivity index (χ2n) is 3.66. The summed E-state index contributed by atoms with van der Waals surface area (Å²) in [6.45, 7) is 4.23. The van der Waals surface area contributed by atoms with Crippen LogP contribution in [0.3, 0.4) is 0 Å². The van der Waals surface area contributed by atoms with E-state index in [1.807, 2.05) is 13.8 Å². The van der Waals surface area contributed by atoms with Crippen LogP contribution in [0.1, 0.15) is 31.3 Å². The number of aryl methyl sites for hydroxylation is 1. The number of aromatic nitrogens is 2. The number of nitrogens with one attached hydrogen (secondary N) is 1. The van der Waals surface area contributed by atoms with Crippen molar-refractivity contribution in [3.05, 3.63) is 23.8 Å². The summed E-state index contributed by atoms with van der Waals surface area (Å²) < 4.78 is 0. The average Bonchev–Trinajstić information content (AvgIpc) is 2.24. The first-order chi connectivity index (χ1) is 7.63. The van der Waals surface area contributed by atoms with Gasteiger partial charge in [-0.25, -0.2) is 9.97 Å². The molecule has 88 valence electrons. The molecule has 0 aromatic carbocycles. The summed E-state index contributed by atoms with van der Waals surface area (Å²) in [6.07, 6.45) is 3.14. The summed E-state index contributed by atoms with van der Waals surface area (Å²) in [5.41, 5.74) is 0.815. The molecule has 1 unspecified atom stereocenters. The topological polar surface area (TPSA) is 75.1 Å². The fourth-order valence-corrected chi connectivity index (χ4v) is 1.43. The number of carbonyl (C=O) groups is 1. The average molecular weight is 223 g/mol. The molecule has 16 heavy (non-hydrogen) atoms. The zero-order valence-electron chi connectivity index (χ0n) is 9.60. The van der Waals surface area contributed by atoms with Crippen LogP contribution in [0.2, 0.25) is 0 Å². The van der Waals surface area contributed by atoms with Crippen molar-refractivity contribution in [2.75, 3.05) is 0 Å². The lowest BCUT2D eigenvalue weighted by molar-refractivity contribution is -0.139. The number of carboxylic acid groups (broad SMARTS) is 1. The van der Waals surface area contributed by atoms with Crippen molar-refractivity contribution < 1.29 is 9.90 Å². The molecular weight excluding hydrogens is 206 g/mol. The molecule has 0 bridgehead atoms. The molecule has 0 saturated heterocycles. The van der Waals surface area contributed by atoms with Crippen LogP contribution in [-0.4, -0.2) is 27.1 Å². The zero-order valence-corrected chi connectivity index (χ0v) is 9.60. The van der Waals surface area contributed by atoms with Gasteiger partial charge < -0.3 is 5.11 Å². The van der Waals surface area contributed by atoms with E-state index in [1.54, 1.807) is 12.3 Å². The number of hydrogen-bond donors (Lipinski definition) is 2. The Morgan fingerprint density at radius 3 is 2.94 bits per heavy atom. The van der Waals surface area contributed by atoms with Gasteiger partial charge in [0, 0.05) is 12.7 Å². The smallest absolute Gasteiger partial charge is 0.320 e. The Morgan fingerprint density at radius 1 is 1.62 bits per heavy atom. The van der Waals surface area contributed by atoms with Crippen LogP contribution < -0.4 is 5.32 Å². The van der Waals surface area contributed by atoms with Crippen LogP contribution in [-0.2, 0) is 11.3 Å². The van der Waals surface area contributed by atoms with Gasteiger partial charge in [-0.15, -0.1) is 0 Å². The van der Waals surface area contributed by atoms with E-state index in [2.05, 4.69) is 15.3 Å². The summed E-state index contributed by atoms with van der Waals surface area (Å²) in [5.74, 6) is -0.116.